The van der Waals surface area contributed by atoms with Crippen molar-refractivity contribution in [2.24, 2.45) is 0 Å². The average Bonchev–Trinajstić information content (AvgIpc) is 2.39. The summed E-state index contributed by atoms with van der Waals surface area (Å²) < 4.78 is 16.5. The highest BCUT2D eigenvalue weighted by molar-refractivity contribution is 4.60. The Hall–Kier alpha value is -0.160. The predicted molar refractivity (Wildman–Crippen MR) is 68.4 cm³/mol. The molecule has 4 heteroatoms. The van der Waals surface area contributed by atoms with Crippen molar-refractivity contribution in [3.05, 3.63) is 0 Å². The van der Waals surface area contributed by atoms with Crippen LogP contribution in [-0.2, 0) is 14.2 Å². The monoisotopic (exact) mass is 245 g/mol. The lowest BCUT2D eigenvalue weighted by molar-refractivity contribution is -0.0118. The van der Waals surface area contributed by atoms with E-state index < -0.39 is 0 Å². The summed E-state index contributed by atoms with van der Waals surface area (Å²) in [5.74, 6) is 0. The van der Waals surface area contributed by atoms with Crippen molar-refractivity contribution in [3.8, 4) is 0 Å². The van der Waals surface area contributed by atoms with Gasteiger partial charge in [0.05, 0.1) is 39.1 Å². The molecular weight excluding hydrogens is 218 g/mol. The second-order valence-electron chi connectivity index (χ2n) is 4.38. The number of hydrogen-bond acceptors (Lipinski definition) is 4. The van der Waals surface area contributed by atoms with Gasteiger partial charge in [-0.15, -0.1) is 0 Å². The van der Waals surface area contributed by atoms with Crippen molar-refractivity contribution in [3.63, 3.8) is 0 Å². The van der Waals surface area contributed by atoms with Crippen molar-refractivity contribution in [1.82, 2.24) is 4.90 Å². The van der Waals surface area contributed by atoms with E-state index in [2.05, 4.69) is 18.7 Å². The average molecular weight is 245 g/mol. The number of hydrogen-bond donors (Lipinski definition) is 0. The molecule has 102 valence electrons. The Kier molecular flexibility index (Phi) is 8.61. The fraction of sp³-hybridized carbons (Fsp3) is 1.00. The van der Waals surface area contributed by atoms with Gasteiger partial charge in [-0.2, -0.15) is 0 Å². The van der Waals surface area contributed by atoms with Crippen LogP contribution in [0.25, 0.3) is 0 Å². The molecule has 1 saturated heterocycles. The largest absolute Gasteiger partial charge is 0.379 e. The molecule has 0 spiro atoms. The summed E-state index contributed by atoms with van der Waals surface area (Å²) in [6.45, 7) is 11.3. The first-order valence-electron chi connectivity index (χ1n) is 6.86. The first-order valence-corrected chi connectivity index (χ1v) is 6.86. The van der Waals surface area contributed by atoms with Crippen LogP contribution in [0.15, 0.2) is 0 Å². The summed E-state index contributed by atoms with van der Waals surface area (Å²) in [6.07, 6.45) is 2.58. The molecule has 0 aliphatic carbocycles. The molecule has 0 bridgehead atoms. The summed E-state index contributed by atoms with van der Waals surface area (Å²) in [4.78, 5) is 2.38. The van der Waals surface area contributed by atoms with Crippen LogP contribution in [0.5, 0.6) is 0 Å². The van der Waals surface area contributed by atoms with Gasteiger partial charge in [-0.05, 0) is 12.8 Å². The zero-order valence-corrected chi connectivity index (χ0v) is 11.3. The van der Waals surface area contributed by atoms with Crippen LogP contribution in [0.4, 0.5) is 0 Å². The third-order valence-electron chi connectivity index (χ3n) is 3.15. The molecule has 1 aliphatic rings. The van der Waals surface area contributed by atoms with Crippen LogP contribution in [0.1, 0.15) is 26.7 Å². The summed E-state index contributed by atoms with van der Waals surface area (Å²) in [7, 11) is 0. The molecule has 4 nitrogen and oxygen atoms in total. The third-order valence-corrected chi connectivity index (χ3v) is 3.15. The molecule has 1 fully saturated rings. The summed E-state index contributed by atoms with van der Waals surface area (Å²) >= 11 is 0. The van der Waals surface area contributed by atoms with Gasteiger partial charge in [0.1, 0.15) is 0 Å². The van der Waals surface area contributed by atoms with E-state index in [4.69, 9.17) is 14.2 Å². The quantitative estimate of drug-likeness (QED) is 0.577. The Balaban J connectivity index is 1.86. The lowest BCUT2D eigenvalue weighted by Crippen LogP contribution is -2.38. The highest BCUT2D eigenvalue weighted by Gasteiger charge is 2.09. The van der Waals surface area contributed by atoms with Crippen molar-refractivity contribution in [1.29, 1.82) is 0 Å². The van der Waals surface area contributed by atoms with E-state index in [0.717, 1.165) is 58.9 Å². The van der Waals surface area contributed by atoms with Gasteiger partial charge < -0.3 is 14.2 Å². The maximum Gasteiger partial charge on any atom is 0.0704 e. The van der Waals surface area contributed by atoms with Crippen LogP contribution in [0.2, 0.25) is 0 Å². The van der Waals surface area contributed by atoms with Crippen molar-refractivity contribution < 1.29 is 14.2 Å². The van der Waals surface area contributed by atoms with Gasteiger partial charge in [0, 0.05) is 19.6 Å². The fourth-order valence-corrected chi connectivity index (χ4v) is 1.92. The van der Waals surface area contributed by atoms with E-state index in [1.807, 2.05) is 0 Å². The molecule has 1 rings (SSSR count). The first-order chi connectivity index (χ1) is 8.36. The van der Waals surface area contributed by atoms with Crippen LogP contribution in [-0.4, -0.2) is 63.7 Å². The summed E-state index contributed by atoms with van der Waals surface area (Å²) in [6, 6.07) is 0. The van der Waals surface area contributed by atoms with Crippen molar-refractivity contribution in [2.45, 2.75) is 32.8 Å². The van der Waals surface area contributed by atoms with Crippen molar-refractivity contribution in [2.75, 3.05) is 52.7 Å². The minimum absolute atomic E-state index is 0.401. The van der Waals surface area contributed by atoms with Crippen molar-refractivity contribution >= 4 is 0 Å². The Morgan fingerprint density at radius 3 is 2.41 bits per heavy atom. The van der Waals surface area contributed by atoms with Gasteiger partial charge in [0.25, 0.3) is 0 Å². The molecular formula is C13H27NO3. The SMILES string of the molecule is CCC(CC)OCCOCCN1CCOCC1. The van der Waals surface area contributed by atoms with Gasteiger partial charge in [0.15, 0.2) is 0 Å². The Morgan fingerprint density at radius 2 is 1.76 bits per heavy atom. The van der Waals surface area contributed by atoms with Gasteiger partial charge >= 0.3 is 0 Å². The summed E-state index contributed by atoms with van der Waals surface area (Å²) in [5.41, 5.74) is 0. The van der Waals surface area contributed by atoms with E-state index in [-0.39, 0.29) is 0 Å². The van der Waals surface area contributed by atoms with Gasteiger partial charge in [-0.25, -0.2) is 0 Å². The second kappa shape index (κ2) is 9.83. The molecule has 0 N–H and O–H groups in total. The van der Waals surface area contributed by atoms with E-state index >= 15 is 0 Å². The smallest absolute Gasteiger partial charge is 0.0704 e. The number of ether oxygens (including phenoxy) is 3. The Labute approximate surface area is 105 Å². The molecule has 1 heterocycles. The molecule has 0 unspecified atom stereocenters. The van der Waals surface area contributed by atoms with Crippen LogP contribution in [0.3, 0.4) is 0 Å². The maximum absolute atomic E-state index is 5.67. The zero-order valence-electron chi connectivity index (χ0n) is 11.3. The molecule has 0 aromatic carbocycles. The van der Waals surface area contributed by atoms with Gasteiger partial charge in [0.2, 0.25) is 0 Å². The van der Waals surface area contributed by atoms with E-state index in [1.54, 1.807) is 0 Å². The molecule has 0 radical (unpaired) electrons. The number of rotatable bonds is 9. The minimum atomic E-state index is 0.401. The predicted octanol–water partition coefficient (Wildman–Crippen LogP) is 1.54. The fourth-order valence-electron chi connectivity index (χ4n) is 1.92. The molecule has 17 heavy (non-hydrogen) atoms. The first kappa shape index (κ1) is 14.9. The zero-order chi connectivity index (χ0) is 12.3. The van der Waals surface area contributed by atoms with Crippen LogP contribution < -0.4 is 0 Å². The molecule has 0 aromatic heterocycles. The van der Waals surface area contributed by atoms with E-state index in [1.165, 1.54) is 0 Å². The standard InChI is InChI=1S/C13H27NO3/c1-3-13(4-2)17-12-11-16-10-7-14-5-8-15-9-6-14/h13H,3-12H2,1-2H3. The second-order valence-corrected chi connectivity index (χ2v) is 4.38. The van der Waals surface area contributed by atoms with E-state index in [9.17, 15) is 0 Å². The minimum Gasteiger partial charge on any atom is -0.379 e. The molecule has 1 aliphatic heterocycles. The molecule has 0 saturated carbocycles. The molecule has 0 amide bonds. The normalized spacial score (nSPS) is 17.8. The Morgan fingerprint density at radius 1 is 1.06 bits per heavy atom. The van der Waals surface area contributed by atoms with E-state index in [0.29, 0.717) is 12.7 Å². The summed E-state index contributed by atoms with van der Waals surface area (Å²) in [5, 5.41) is 0. The van der Waals surface area contributed by atoms with Crippen LogP contribution >= 0.6 is 0 Å². The van der Waals surface area contributed by atoms with Gasteiger partial charge in [-0.3, -0.25) is 4.90 Å². The number of morpholine rings is 1. The lowest BCUT2D eigenvalue weighted by atomic mass is 10.2. The lowest BCUT2D eigenvalue weighted by Gasteiger charge is -2.26. The molecule has 0 aromatic rings. The number of nitrogens with zero attached hydrogens (tertiary/aromatic N) is 1. The van der Waals surface area contributed by atoms with Gasteiger partial charge in [-0.1, -0.05) is 13.8 Å². The Bertz CT molecular complexity index is 168. The maximum atomic E-state index is 5.67. The topological polar surface area (TPSA) is 30.9 Å². The highest BCUT2D eigenvalue weighted by atomic mass is 16.5. The molecule has 0 atom stereocenters. The van der Waals surface area contributed by atoms with Crippen LogP contribution in [0, 0.1) is 0 Å². The third kappa shape index (κ3) is 6.99. The highest BCUT2D eigenvalue weighted by Crippen LogP contribution is 2.02.